The molecule has 15 nitrogen and oxygen atoms in total. The molecule has 5 amide bonds. The zero-order chi connectivity index (χ0) is 38.2. The van der Waals surface area contributed by atoms with Crippen molar-refractivity contribution in [2.45, 2.75) is 62.7 Å². The van der Waals surface area contributed by atoms with Crippen LogP contribution in [0.4, 0.5) is 0 Å². The maximum atomic E-state index is 13.9. The van der Waals surface area contributed by atoms with Gasteiger partial charge in [0.1, 0.15) is 29.9 Å². The zero-order valence-corrected chi connectivity index (χ0v) is 29.4. The van der Waals surface area contributed by atoms with E-state index in [2.05, 4.69) is 42.8 Å². The molecule has 280 valence electrons. The fraction of sp³-hybridized carbons (Fsp3) is 0.368. The Balaban J connectivity index is 1.66. The number of hydrogen-bond donors (Lipinski definition) is 9. The minimum absolute atomic E-state index is 0.0158. The molecule has 0 radical (unpaired) electrons. The minimum Gasteiger partial charge on any atom is -0.508 e. The predicted molar refractivity (Wildman–Crippen MR) is 201 cm³/mol. The number of phenols is 1. The number of nitrogens with zero attached hydrogens (tertiary/aromatic N) is 1. The molecule has 4 rings (SSSR count). The molecule has 0 spiro atoms. The number of aromatic hydroxyl groups is 1. The monoisotopic (exact) mass is 725 g/mol. The minimum atomic E-state index is -1.16. The van der Waals surface area contributed by atoms with Gasteiger partial charge < -0.3 is 48.5 Å². The summed E-state index contributed by atoms with van der Waals surface area (Å²) in [5.41, 5.74) is 12.3. The number of amides is 5. The molecule has 1 heterocycles. The average molecular weight is 726 g/mol. The molecule has 11 N–H and O–H groups in total. The summed E-state index contributed by atoms with van der Waals surface area (Å²) >= 11 is 0. The molecule has 1 aliphatic rings. The van der Waals surface area contributed by atoms with Gasteiger partial charge in [-0.3, -0.25) is 29.0 Å². The van der Waals surface area contributed by atoms with Crippen molar-refractivity contribution in [3.8, 4) is 18.1 Å². The maximum absolute atomic E-state index is 13.9. The van der Waals surface area contributed by atoms with Gasteiger partial charge in [-0.15, -0.1) is 6.42 Å². The molecule has 3 aromatic rings. The van der Waals surface area contributed by atoms with E-state index in [0.717, 1.165) is 16.3 Å². The van der Waals surface area contributed by atoms with Crippen molar-refractivity contribution in [3.05, 3.63) is 77.9 Å². The Bertz CT molecular complexity index is 1820. The number of fused-ring (bicyclic) bond motifs is 1. The van der Waals surface area contributed by atoms with Gasteiger partial charge in [-0.1, -0.05) is 60.5 Å². The van der Waals surface area contributed by atoms with E-state index in [1.807, 2.05) is 42.5 Å². The highest BCUT2D eigenvalue weighted by molar-refractivity contribution is 5.97. The number of nitrogens with one attached hydrogen (secondary N) is 6. The number of carbonyl (C=O) groups is 5. The predicted octanol–water partition coefficient (Wildman–Crippen LogP) is -0.544. The molecular formula is C38H47N9O6. The van der Waals surface area contributed by atoms with Crippen LogP contribution in [0.15, 0.2) is 71.7 Å². The average Bonchev–Trinajstić information content (AvgIpc) is 3.14. The molecule has 0 aromatic heterocycles. The van der Waals surface area contributed by atoms with Crippen LogP contribution in [0, 0.1) is 12.3 Å². The number of carbonyl (C=O) groups excluding carboxylic acids is 5. The second-order valence-electron chi connectivity index (χ2n) is 12.7. The van der Waals surface area contributed by atoms with Gasteiger partial charge in [0.05, 0.1) is 13.1 Å². The van der Waals surface area contributed by atoms with Gasteiger partial charge in [0, 0.05) is 19.4 Å². The first-order chi connectivity index (χ1) is 25.5. The van der Waals surface area contributed by atoms with Crippen molar-refractivity contribution in [2.75, 3.05) is 26.2 Å². The number of nitrogens with two attached hydrogens (primary N) is 2. The number of guanidine groups is 1. The number of rotatable bonds is 13. The maximum Gasteiger partial charge on any atom is 0.243 e. The second kappa shape index (κ2) is 20.0. The summed E-state index contributed by atoms with van der Waals surface area (Å²) < 4.78 is 0. The van der Waals surface area contributed by atoms with Crippen molar-refractivity contribution in [1.29, 1.82) is 0 Å². The lowest BCUT2D eigenvalue weighted by molar-refractivity contribution is -0.134. The van der Waals surface area contributed by atoms with E-state index >= 15 is 0 Å². The second-order valence-corrected chi connectivity index (χ2v) is 12.7. The standard InChI is InChI=1S/C38H47N9O6/c1-2-17-41-18-5-9-29-35(51)45-30(10-6-19-42-38(39)40)36(52)47-31(22-25-11-14-26-7-3-4-8-27(26)20-25)34(50)43-23-33(49)44-32(37(53)46-29)21-24-12-15-28(48)16-13-24/h1,3-4,7-8,11-16,20,29-32,41,48H,5-6,9-10,17-19,21-23H2,(H,43,50)(H,44,49)(H,45,51)(H,46,53)(H,47,52)(H4,39,40,42)/t29-,30-,31-,32+/m0/s1. The first-order valence-electron chi connectivity index (χ1n) is 17.5. The molecule has 15 heteroatoms. The van der Waals surface area contributed by atoms with Crippen molar-refractivity contribution in [2.24, 2.45) is 16.5 Å². The summed E-state index contributed by atoms with van der Waals surface area (Å²) in [6.07, 6.45) is 6.44. The lowest BCUT2D eigenvalue weighted by atomic mass is 10.0. The van der Waals surface area contributed by atoms with Crippen molar-refractivity contribution in [3.63, 3.8) is 0 Å². The summed E-state index contributed by atoms with van der Waals surface area (Å²) in [5, 5.41) is 28.3. The third-order valence-corrected chi connectivity index (χ3v) is 8.62. The van der Waals surface area contributed by atoms with E-state index in [-0.39, 0.29) is 43.9 Å². The Morgan fingerprint density at radius 1 is 0.755 bits per heavy atom. The van der Waals surface area contributed by atoms with Crippen LogP contribution in [0.1, 0.15) is 36.8 Å². The quantitative estimate of drug-likeness (QED) is 0.0475. The highest BCUT2D eigenvalue weighted by Crippen LogP contribution is 2.17. The lowest BCUT2D eigenvalue weighted by Crippen LogP contribution is -2.58. The summed E-state index contributed by atoms with van der Waals surface area (Å²) in [7, 11) is 0. The number of aliphatic imine (C=N–C) groups is 1. The van der Waals surface area contributed by atoms with Crippen molar-refractivity contribution >= 4 is 46.3 Å². The van der Waals surface area contributed by atoms with Gasteiger partial charge in [-0.05, 0) is 66.3 Å². The topological polar surface area (TPSA) is 242 Å². The normalized spacial score (nSPS) is 20.0. The van der Waals surface area contributed by atoms with Gasteiger partial charge in [-0.25, -0.2) is 0 Å². The fourth-order valence-electron chi connectivity index (χ4n) is 5.87. The molecule has 0 bridgehead atoms. The summed E-state index contributed by atoms with van der Waals surface area (Å²) in [4.78, 5) is 72.5. The molecular weight excluding hydrogens is 678 g/mol. The number of terminal acetylenes is 1. The van der Waals surface area contributed by atoms with Gasteiger partial charge in [0.2, 0.25) is 29.5 Å². The molecule has 1 saturated heterocycles. The number of phenolic OH excluding ortho intramolecular Hbond substituents is 1. The van der Waals surface area contributed by atoms with E-state index in [1.54, 1.807) is 12.1 Å². The van der Waals surface area contributed by atoms with E-state index in [4.69, 9.17) is 17.9 Å². The Labute approximate surface area is 308 Å². The zero-order valence-electron chi connectivity index (χ0n) is 29.4. The number of hydrogen-bond acceptors (Lipinski definition) is 8. The van der Waals surface area contributed by atoms with E-state index in [0.29, 0.717) is 31.5 Å². The summed E-state index contributed by atoms with van der Waals surface area (Å²) in [6.45, 7) is 0.446. The van der Waals surface area contributed by atoms with Crippen LogP contribution in [0.3, 0.4) is 0 Å². The molecule has 1 aliphatic heterocycles. The molecule has 0 aliphatic carbocycles. The van der Waals surface area contributed by atoms with Gasteiger partial charge in [0.25, 0.3) is 0 Å². The molecule has 4 atom stereocenters. The molecule has 1 fully saturated rings. The van der Waals surface area contributed by atoms with Gasteiger partial charge in [-0.2, -0.15) is 0 Å². The van der Waals surface area contributed by atoms with Gasteiger partial charge >= 0.3 is 0 Å². The van der Waals surface area contributed by atoms with Crippen LogP contribution in [0.25, 0.3) is 10.8 Å². The Morgan fingerprint density at radius 3 is 2.02 bits per heavy atom. The fourth-order valence-corrected chi connectivity index (χ4v) is 5.87. The van der Waals surface area contributed by atoms with Crippen LogP contribution in [0.2, 0.25) is 0 Å². The van der Waals surface area contributed by atoms with E-state index in [1.165, 1.54) is 12.1 Å². The van der Waals surface area contributed by atoms with Crippen LogP contribution in [-0.2, 0) is 36.8 Å². The van der Waals surface area contributed by atoms with E-state index in [9.17, 15) is 29.1 Å². The molecule has 53 heavy (non-hydrogen) atoms. The third-order valence-electron chi connectivity index (χ3n) is 8.62. The lowest BCUT2D eigenvalue weighted by Gasteiger charge is -2.26. The van der Waals surface area contributed by atoms with Crippen LogP contribution >= 0.6 is 0 Å². The van der Waals surface area contributed by atoms with E-state index < -0.39 is 60.2 Å². The van der Waals surface area contributed by atoms with Crippen LogP contribution < -0.4 is 43.4 Å². The highest BCUT2D eigenvalue weighted by Gasteiger charge is 2.32. The summed E-state index contributed by atoms with van der Waals surface area (Å²) in [6, 6.07) is 15.0. The smallest absolute Gasteiger partial charge is 0.243 e. The van der Waals surface area contributed by atoms with Crippen LogP contribution in [-0.4, -0.2) is 90.9 Å². The largest absolute Gasteiger partial charge is 0.508 e. The first-order valence-corrected chi connectivity index (χ1v) is 17.5. The Morgan fingerprint density at radius 2 is 1.34 bits per heavy atom. The number of benzene rings is 3. The molecule has 0 saturated carbocycles. The first kappa shape index (κ1) is 39.6. The molecule has 3 aromatic carbocycles. The van der Waals surface area contributed by atoms with Gasteiger partial charge in [0.15, 0.2) is 5.96 Å². The third kappa shape index (κ3) is 12.8. The highest BCUT2D eigenvalue weighted by atomic mass is 16.3. The van der Waals surface area contributed by atoms with Crippen molar-refractivity contribution < 1.29 is 29.1 Å². The van der Waals surface area contributed by atoms with Crippen molar-refractivity contribution in [1.82, 2.24) is 31.9 Å². The van der Waals surface area contributed by atoms with Crippen LogP contribution in [0.5, 0.6) is 5.75 Å². The SMILES string of the molecule is C#CCNCCC[C@@H]1NC(=O)[C@@H](Cc2ccc(O)cc2)NC(=O)CNC(=O)[C@H](Cc2ccc3ccccc3c2)NC(=O)[C@H](CCCN=C(N)N)NC1=O. The summed E-state index contributed by atoms with van der Waals surface area (Å²) in [5.74, 6) is -0.875. The Hall–Kier alpha value is -6.14. The molecule has 0 unspecified atom stereocenters. The Kier molecular flexibility index (Phi) is 15.0.